The van der Waals surface area contributed by atoms with E-state index in [9.17, 15) is 9.59 Å². The van der Waals surface area contributed by atoms with Gasteiger partial charge in [-0.3, -0.25) is 14.5 Å². The number of fused-ring (bicyclic) bond motifs is 1. The van der Waals surface area contributed by atoms with Crippen molar-refractivity contribution in [3.05, 3.63) is 53.0 Å². The molecule has 0 unspecified atom stereocenters. The molecular weight excluding hydrogens is 412 g/mol. The lowest BCUT2D eigenvalue weighted by atomic mass is 9.83. The van der Waals surface area contributed by atoms with Crippen LogP contribution < -0.4 is 4.90 Å². The van der Waals surface area contributed by atoms with E-state index in [-0.39, 0.29) is 17.7 Å². The van der Waals surface area contributed by atoms with Gasteiger partial charge in [0.05, 0.1) is 0 Å². The second-order valence-corrected chi connectivity index (χ2v) is 9.86. The highest BCUT2D eigenvalue weighted by atomic mass is 16.2. The zero-order valence-corrected chi connectivity index (χ0v) is 19.6. The van der Waals surface area contributed by atoms with Crippen molar-refractivity contribution in [3.63, 3.8) is 0 Å². The summed E-state index contributed by atoms with van der Waals surface area (Å²) in [6, 6.07) is 10.4. The van der Waals surface area contributed by atoms with Gasteiger partial charge in [0, 0.05) is 49.1 Å². The summed E-state index contributed by atoms with van der Waals surface area (Å²) in [5.74, 6) is 2.47. The van der Waals surface area contributed by atoms with Crippen LogP contribution in [0.15, 0.2) is 30.3 Å². The van der Waals surface area contributed by atoms with E-state index in [0.717, 1.165) is 68.0 Å². The first-order chi connectivity index (χ1) is 16.1. The smallest absolute Gasteiger partial charge is 0.228 e. The second-order valence-electron chi connectivity index (χ2n) is 9.86. The number of carbonyl (C=O) groups is 2. The highest BCUT2D eigenvalue weighted by molar-refractivity contribution is 5.95. The number of likely N-dealkylation sites (tertiary alicyclic amines) is 1. The third-order valence-electron chi connectivity index (χ3n) is 7.60. The molecule has 2 aliphatic heterocycles. The van der Waals surface area contributed by atoms with Gasteiger partial charge in [-0.1, -0.05) is 36.8 Å². The minimum Gasteiger partial charge on any atom is -0.342 e. The summed E-state index contributed by atoms with van der Waals surface area (Å²) in [5, 5.41) is 0. The molecule has 6 heteroatoms. The Bertz CT molecular complexity index is 1020. The van der Waals surface area contributed by atoms with Gasteiger partial charge in [0.15, 0.2) is 0 Å². The molecule has 2 aromatic rings. The Morgan fingerprint density at radius 2 is 1.88 bits per heavy atom. The fourth-order valence-electron chi connectivity index (χ4n) is 5.40. The van der Waals surface area contributed by atoms with Crippen LogP contribution >= 0.6 is 0 Å². The van der Waals surface area contributed by atoms with Gasteiger partial charge in [-0.05, 0) is 57.4 Å². The Morgan fingerprint density at radius 1 is 1.06 bits per heavy atom. The van der Waals surface area contributed by atoms with E-state index in [0.29, 0.717) is 31.8 Å². The summed E-state index contributed by atoms with van der Waals surface area (Å²) in [6.07, 6.45) is 8.31. The number of piperidine rings is 1. The molecule has 0 N–H and O–H groups in total. The number of aromatic nitrogens is 2. The number of carbonyl (C=O) groups excluding carboxylic acids is 2. The van der Waals surface area contributed by atoms with Gasteiger partial charge in [-0.25, -0.2) is 9.97 Å². The van der Waals surface area contributed by atoms with Crippen LogP contribution in [-0.4, -0.2) is 46.3 Å². The molecule has 1 saturated heterocycles. The zero-order valence-electron chi connectivity index (χ0n) is 19.6. The first kappa shape index (κ1) is 22.1. The van der Waals surface area contributed by atoms with Gasteiger partial charge in [0.25, 0.3) is 0 Å². The Labute approximate surface area is 196 Å². The Hall–Kier alpha value is -2.76. The van der Waals surface area contributed by atoms with Crippen molar-refractivity contribution in [2.24, 2.45) is 5.92 Å². The van der Waals surface area contributed by atoms with E-state index in [2.05, 4.69) is 24.3 Å². The molecule has 1 aromatic carbocycles. The van der Waals surface area contributed by atoms with Crippen LogP contribution in [0, 0.1) is 12.8 Å². The third-order valence-corrected chi connectivity index (χ3v) is 7.60. The number of amides is 2. The molecule has 1 aliphatic carbocycles. The normalized spacial score (nSPS) is 21.0. The van der Waals surface area contributed by atoms with E-state index in [4.69, 9.17) is 9.97 Å². The maximum atomic E-state index is 12.9. The van der Waals surface area contributed by atoms with E-state index < -0.39 is 0 Å². The Morgan fingerprint density at radius 3 is 2.64 bits per heavy atom. The maximum absolute atomic E-state index is 12.9. The first-order valence-electron chi connectivity index (χ1n) is 12.6. The largest absolute Gasteiger partial charge is 0.342 e. The predicted molar refractivity (Wildman–Crippen MR) is 128 cm³/mol. The number of benzene rings is 1. The summed E-state index contributed by atoms with van der Waals surface area (Å²) in [7, 11) is 0. The average Bonchev–Trinajstić information content (AvgIpc) is 2.80. The van der Waals surface area contributed by atoms with Crippen LogP contribution in [0.4, 0.5) is 5.82 Å². The molecule has 0 spiro atoms. The maximum Gasteiger partial charge on any atom is 0.228 e. The monoisotopic (exact) mass is 446 g/mol. The highest BCUT2D eigenvalue weighted by Gasteiger charge is 2.34. The van der Waals surface area contributed by atoms with Crippen molar-refractivity contribution >= 4 is 17.6 Å². The summed E-state index contributed by atoms with van der Waals surface area (Å²) >= 11 is 0. The topological polar surface area (TPSA) is 66.4 Å². The standard InChI is InChI=1S/C27H34N4O2/c1-19-23-14-15-24(32)31(17-6-10-20-8-3-2-4-9-20)26(23)29-25(28-19)22-13-7-16-30(18-22)27(33)21-11-5-12-21/h2-4,8-9,21-22H,5-7,10-18H2,1H3/t22-/m1/s1. The van der Waals surface area contributed by atoms with Crippen LogP contribution in [0.3, 0.4) is 0 Å². The minimum absolute atomic E-state index is 0.148. The van der Waals surface area contributed by atoms with Crippen LogP contribution in [0.5, 0.6) is 0 Å². The SMILES string of the molecule is Cc1nc([C@@H]2CCCN(C(=O)C3CCC3)C2)nc2c1CCC(=O)N2CCCc1ccccc1. The molecule has 5 rings (SSSR count). The number of aryl methyl sites for hydroxylation is 2. The van der Waals surface area contributed by atoms with Gasteiger partial charge < -0.3 is 4.90 Å². The molecule has 3 heterocycles. The van der Waals surface area contributed by atoms with E-state index in [1.165, 1.54) is 12.0 Å². The molecule has 1 atom stereocenters. The molecular formula is C27H34N4O2. The van der Waals surface area contributed by atoms with Gasteiger partial charge in [-0.15, -0.1) is 0 Å². The highest BCUT2D eigenvalue weighted by Crippen LogP contribution is 2.34. The number of hydrogen-bond donors (Lipinski definition) is 0. The minimum atomic E-state index is 0.148. The lowest BCUT2D eigenvalue weighted by Gasteiger charge is -2.37. The summed E-state index contributed by atoms with van der Waals surface area (Å²) < 4.78 is 0. The molecule has 6 nitrogen and oxygen atoms in total. The van der Waals surface area contributed by atoms with Crippen molar-refractivity contribution < 1.29 is 9.59 Å². The summed E-state index contributed by atoms with van der Waals surface area (Å²) in [4.78, 5) is 39.5. The Kier molecular flexibility index (Phi) is 6.43. The molecule has 1 saturated carbocycles. The van der Waals surface area contributed by atoms with E-state index in [1.54, 1.807) is 0 Å². The average molecular weight is 447 g/mol. The lowest BCUT2D eigenvalue weighted by molar-refractivity contribution is -0.139. The second kappa shape index (κ2) is 9.62. The molecule has 3 aliphatic rings. The van der Waals surface area contributed by atoms with Crippen LogP contribution in [0.25, 0.3) is 0 Å². The first-order valence-corrected chi connectivity index (χ1v) is 12.6. The molecule has 2 fully saturated rings. The lowest BCUT2D eigenvalue weighted by Crippen LogP contribution is -2.44. The molecule has 2 amide bonds. The molecule has 0 radical (unpaired) electrons. The van der Waals surface area contributed by atoms with Crippen molar-refractivity contribution in [2.45, 2.75) is 70.6 Å². The van der Waals surface area contributed by atoms with Crippen molar-refractivity contribution in [3.8, 4) is 0 Å². The van der Waals surface area contributed by atoms with Gasteiger partial charge in [-0.2, -0.15) is 0 Å². The molecule has 174 valence electrons. The van der Waals surface area contributed by atoms with Crippen LogP contribution in [0.1, 0.15) is 73.5 Å². The van der Waals surface area contributed by atoms with Crippen molar-refractivity contribution in [1.29, 1.82) is 0 Å². The van der Waals surface area contributed by atoms with Crippen LogP contribution in [0.2, 0.25) is 0 Å². The van der Waals surface area contributed by atoms with E-state index >= 15 is 0 Å². The van der Waals surface area contributed by atoms with Gasteiger partial charge in [0.1, 0.15) is 11.6 Å². The Balaban J connectivity index is 1.33. The molecule has 1 aromatic heterocycles. The molecule has 0 bridgehead atoms. The fourth-order valence-corrected chi connectivity index (χ4v) is 5.40. The van der Waals surface area contributed by atoms with Crippen molar-refractivity contribution in [1.82, 2.24) is 14.9 Å². The number of hydrogen-bond acceptors (Lipinski definition) is 4. The fraction of sp³-hybridized carbons (Fsp3) is 0.556. The number of rotatable bonds is 6. The summed E-state index contributed by atoms with van der Waals surface area (Å²) in [5.41, 5.74) is 3.38. The number of nitrogens with zero attached hydrogens (tertiary/aromatic N) is 4. The quantitative estimate of drug-likeness (QED) is 0.667. The predicted octanol–water partition coefficient (Wildman–Crippen LogP) is 4.20. The third kappa shape index (κ3) is 4.66. The van der Waals surface area contributed by atoms with Gasteiger partial charge >= 0.3 is 0 Å². The van der Waals surface area contributed by atoms with Crippen molar-refractivity contribution in [2.75, 3.05) is 24.5 Å². The van der Waals surface area contributed by atoms with E-state index in [1.807, 2.05) is 22.8 Å². The van der Waals surface area contributed by atoms with Crippen LogP contribution in [-0.2, 0) is 22.4 Å². The molecule has 33 heavy (non-hydrogen) atoms. The number of anilines is 1. The van der Waals surface area contributed by atoms with Gasteiger partial charge in [0.2, 0.25) is 11.8 Å². The summed E-state index contributed by atoms with van der Waals surface area (Å²) in [6.45, 7) is 4.27. The zero-order chi connectivity index (χ0) is 22.8.